The Morgan fingerprint density at radius 2 is 1.75 bits per heavy atom. The second-order valence-corrected chi connectivity index (χ2v) is 6.83. The van der Waals surface area contributed by atoms with E-state index in [4.69, 9.17) is 18.9 Å². The normalized spacial score (nSPS) is 22.2. The Morgan fingerprint density at radius 1 is 1.07 bits per heavy atom. The van der Waals surface area contributed by atoms with Crippen LogP contribution < -0.4 is 19.5 Å². The predicted octanol–water partition coefficient (Wildman–Crippen LogP) is 3.91. The standard InChI is InChI=1S/C23H29NO4/c1-5-9-19-16-24-13-12-23(28-19,17-10-7-6-8-11-17)18-14-20(25-2)22(27-4)21(15-18)26-3/h5-8,10-11,14-15,19,24H,1,9,12-13,16H2,2-4H3. The number of hydrogen-bond donors (Lipinski definition) is 1. The van der Waals surface area contributed by atoms with Gasteiger partial charge in [0, 0.05) is 6.54 Å². The first-order valence-corrected chi connectivity index (χ1v) is 9.54. The van der Waals surface area contributed by atoms with Gasteiger partial charge in [0.15, 0.2) is 11.5 Å². The first kappa shape index (κ1) is 20.2. The summed E-state index contributed by atoms with van der Waals surface area (Å²) in [5.74, 6) is 1.81. The maximum absolute atomic E-state index is 6.80. The van der Waals surface area contributed by atoms with Crippen LogP contribution in [0.25, 0.3) is 0 Å². The van der Waals surface area contributed by atoms with Gasteiger partial charge in [0.1, 0.15) is 5.60 Å². The van der Waals surface area contributed by atoms with E-state index in [-0.39, 0.29) is 6.10 Å². The van der Waals surface area contributed by atoms with Gasteiger partial charge < -0.3 is 24.3 Å². The van der Waals surface area contributed by atoms with Crippen molar-refractivity contribution < 1.29 is 18.9 Å². The highest BCUT2D eigenvalue weighted by Crippen LogP contribution is 2.46. The van der Waals surface area contributed by atoms with Crippen LogP contribution in [0.15, 0.2) is 55.1 Å². The molecular weight excluding hydrogens is 354 g/mol. The van der Waals surface area contributed by atoms with E-state index in [9.17, 15) is 0 Å². The molecule has 1 aliphatic heterocycles. The van der Waals surface area contributed by atoms with Gasteiger partial charge in [-0.05, 0) is 42.6 Å². The molecule has 1 fully saturated rings. The summed E-state index contributed by atoms with van der Waals surface area (Å²) >= 11 is 0. The molecule has 5 heteroatoms. The van der Waals surface area contributed by atoms with Crippen molar-refractivity contribution in [1.29, 1.82) is 0 Å². The largest absolute Gasteiger partial charge is 0.493 e. The van der Waals surface area contributed by atoms with Gasteiger partial charge in [-0.2, -0.15) is 0 Å². The van der Waals surface area contributed by atoms with Crippen LogP contribution in [-0.2, 0) is 10.3 Å². The predicted molar refractivity (Wildman–Crippen MR) is 110 cm³/mol. The number of nitrogens with one attached hydrogen (secondary N) is 1. The summed E-state index contributed by atoms with van der Waals surface area (Å²) in [5, 5.41) is 3.50. The average Bonchev–Trinajstić information content (AvgIpc) is 2.97. The summed E-state index contributed by atoms with van der Waals surface area (Å²) in [6.45, 7) is 5.51. The van der Waals surface area contributed by atoms with Crippen molar-refractivity contribution in [2.75, 3.05) is 34.4 Å². The Bertz CT molecular complexity index is 767. The van der Waals surface area contributed by atoms with Crippen molar-refractivity contribution in [3.63, 3.8) is 0 Å². The third-order valence-corrected chi connectivity index (χ3v) is 5.19. The fourth-order valence-electron chi connectivity index (χ4n) is 3.84. The SMILES string of the molecule is C=CCC1CNCCC(c2ccccc2)(c2cc(OC)c(OC)c(OC)c2)O1. The molecule has 0 radical (unpaired) electrons. The number of hydrogen-bond acceptors (Lipinski definition) is 5. The van der Waals surface area contributed by atoms with Gasteiger partial charge in [0.05, 0.1) is 27.4 Å². The monoisotopic (exact) mass is 383 g/mol. The quantitative estimate of drug-likeness (QED) is 0.735. The van der Waals surface area contributed by atoms with Crippen molar-refractivity contribution in [2.24, 2.45) is 0 Å². The third-order valence-electron chi connectivity index (χ3n) is 5.19. The second-order valence-electron chi connectivity index (χ2n) is 6.83. The van der Waals surface area contributed by atoms with Crippen LogP contribution in [0.2, 0.25) is 0 Å². The molecule has 0 bridgehead atoms. The average molecular weight is 383 g/mol. The van der Waals surface area contributed by atoms with E-state index >= 15 is 0 Å². The van der Waals surface area contributed by atoms with Crippen LogP contribution in [0, 0.1) is 0 Å². The molecule has 5 nitrogen and oxygen atoms in total. The van der Waals surface area contributed by atoms with E-state index in [1.165, 1.54) is 0 Å². The molecule has 0 aliphatic carbocycles. The number of methoxy groups -OCH3 is 3. The zero-order chi connectivity index (χ0) is 20.0. The molecule has 0 aromatic heterocycles. The summed E-state index contributed by atoms with van der Waals surface area (Å²) in [4.78, 5) is 0. The van der Waals surface area contributed by atoms with Gasteiger partial charge >= 0.3 is 0 Å². The summed E-state index contributed by atoms with van der Waals surface area (Å²) in [7, 11) is 4.87. The molecule has 2 aromatic rings. The fraction of sp³-hybridized carbons (Fsp3) is 0.391. The molecule has 1 aliphatic rings. The zero-order valence-corrected chi connectivity index (χ0v) is 16.9. The molecular formula is C23H29NO4. The highest BCUT2D eigenvalue weighted by atomic mass is 16.5. The minimum Gasteiger partial charge on any atom is -0.493 e. The Balaban J connectivity index is 2.21. The number of ether oxygens (including phenoxy) is 4. The van der Waals surface area contributed by atoms with Crippen LogP contribution in [0.1, 0.15) is 24.0 Å². The molecule has 150 valence electrons. The summed E-state index contributed by atoms with van der Waals surface area (Å²) < 4.78 is 23.5. The first-order chi connectivity index (χ1) is 13.7. The molecule has 0 spiro atoms. The van der Waals surface area contributed by atoms with Crippen molar-refractivity contribution in [3.8, 4) is 17.2 Å². The lowest BCUT2D eigenvalue weighted by Gasteiger charge is -2.37. The molecule has 3 rings (SSSR count). The smallest absolute Gasteiger partial charge is 0.203 e. The lowest BCUT2D eigenvalue weighted by atomic mass is 9.82. The lowest BCUT2D eigenvalue weighted by Crippen LogP contribution is -2.35. The molecule has 0 saturated carbocycles. The molecule has 1 heterocycles. The number of benzene rings is 2. The van der Waals surface area contributed by atoms with E-state index in [1.54, 1.807) is 21.3 Å². The van der Waals surface area contributed by atoms with Crippen molar-refractivity contribution in [1.82, 2.24) is 5.32 Å². The fourth-order valence-corrected chi connectivity index (χ4v) is 3.84. The molecule has 1 N–H and O–H groups in total. The topological polar surface area (TPSA) is 49.0 Å². The van der Waals surface area contributed by atoms with Crippen LogP contribution in [-0.4, -0.2) is 40.5 Å². The van der Waals surface area contributed by atoms with Crippen LogP contribution in [0.5, 0.6) is 17.2 Å². The second kappa shape index (κ2) is 9.13. The van der Waals surface area contributed by atoms with Crippen LogP contribution in [0.3, 0.4) is 0 Å². The maximum atomic E-state index is 6.80. The number of rotatable bonds is 7. The summed E-state index contributed by atoms with van der Waals surface area (Å²) in [6, 6.07) is 14.3. The van der Waals surface area contributed by atoms with Gasteiger partial charge in [-0.3, -0.25) is 0 Å². The van der Waals surface area contributed by atoms with Crippen molar-refractivity contribution >= 4 is 0 Å². The van der Waals surface area contributed by atoms with Gasteiger partial charge in [-0.1, -0.05) is 36.4 Å². The molecule has 2 atom stereocenters. The van der Waals surface area contributed by atoms with E-state index in [0.29, 0.717) is 17.2 Å². The lowest BCUT2D eigenvalue weighted by molar-refractivity contribution is -0.0622. The van der Waals surface area contributed by atoms with Crippen molar-refractivity contribution in [3.05, 3.63) is 66.2 Å². The highest BCUT2D eigenvalue weighted by Gasteiger charge is 2.40. The Hall–Kier alpha value is -2.50. The Morgan fingerprint density at radius 3 is 2.32 bits per heavy atom. The van der Waals surface area contributed by atoms with Gasteiger partial charge in [0.25, 0.3) is 0 Å². The maximum Gasteiger partial charge on any atom is 0.203 e. The first-order valence-electron chi connectivity index (χ1n) is 9.54. The Labute approximate surface area is 167 Å². The molecule has 2 aromatic carbocycles. The van der Waals surface area contributed by atoms with Gasteiger partial charge in [0.2, 0.25) is 5.75 Å². The van der Waals surface area contributed by atoms with E-state index < -0.39 is 5.60 Å². The summed E-state index contributed by atoms with van der Waals surface area (Å²) in [5.41, 5.74) is 1.44. The van der Waals surface area contributed by atoms with Crippen LogP contribution >= 0.6 is 0 Å². The minimum absolute atomic E-state index is 0.0132. The van der Waals surface area contributed by atoms with Gasteiger partial charge in [-0.15, -0.1) is 6.58 Å². The van der Waals surface area contributed by atoms with Crippen molar-refractivity contribution in [2.45, 2.75) is 24.5 Å². The van der Waals surface area contributed by atoms with E-state index in [2.05, 4.69) is 24.0 Å². The Kier molecular flexibility index (Phi) is 6.60. The zero-order valence-electron chi connectivity index (χ0n) is 16.9. The molecule has 28 heavy (non-hydrogen) atoms. The van der Waals surface area contributed by atoms with Gasteiger partial charge in [-0.25, -0.2) is 0 Å². The van der Waals surface area contributed by atoms with E-state index in [0.717, 1.165) is 37.1 Å². The van der Waals surface area contributed by atoms with Crippen LogP contribution in [0.4, 0.5) is 0 Å². The van der Waals surface area contributed by atoms with E-state index in [1.807, 2.05) is 36.4 Å². The molecule has 0 amide bonds. The summed E-state index contributed by atoms with van der Waals surface area (Å²) in [6.07, 6.45) is 3.47. The third kappa shape index (κ3) is 3.86. The molecule has 1 saturated heterocycles. The minimum atomic E-state index is -0.634. The highest BCUT2D eigenvalue weighted by molar-refractivity contribution is 5.56. The molecule has 2 unspecified atom stereocenters.